The Morgan fingerprint density at radius 2 is 1.88 bits per heavy atom. The summed E-state index contributed by atoms with van der Waals surface area (Å²) in [5.41, 5.74) is 3.35. The van der Waals surface area contributed by atoms with E-state index in [2.05, 4.69) is 25.1 Å². The maximum atomic E-state index is 10.2. The van der Waals surface area contributed by atoms with Crippen LogP contribution < -0.4 is 4.74 Å². The van der Waals surface area contributed by atoms with Gasteiger partial charge in [-0.15, -0.1) is 0 Å². The zero-order valence-electron chi connectivity index (χ0n) is 15.5. The molecule has 0 aliphatic carbocycles. The molecule has 1 aliphatic heterocycles. The van der Waals surface area contributed by atoms with Crippen LogP contribution >= 0.6 is 11.6 Å². The van der Waals surface area contributed by atoms with Crippen molar-refractivity contribution in [3.8, 4) is 5.75 Å². The summed E-state index contributed by atoms with van der Waals surface area (Å²) >= 11 is 6.44. The van der Waals surface area contributed by atoms with Gasteiger partial charge in [-0.25, -0.2) is 0 Å². The molecule has 2 aromatic carbocycles. The molecule has 1 fully saturated rings. The third-order valence-corrected chi connectivity index (χ3v) is 5.27. The highest BCUT2D eigenvalue weighted by Crippen LogP contribution is 2.34. The molecular weight excluding hydrogens is 348 g/mol. The lowest BCUT2D eigenvalue weighted by Crippen LogP contribution is -2.30. The smallest absolute Gasteiger partial charge is 0.119 e. The molecule has 1 heterocycles. The van der Waals surface area contributed by atoms with Crippen LogP contribution in [0.5, 0.6) is 5.75 Å². The van der Waals surface area contributed by atoms with Crippen LogP contribution in [0.25, 0.3) is 0 Å². The van der Waals surface area contributed by atoms with Crippen molar-refractivity contribution in [1.29, 1.82) is 0 Å². The van der Waals surface area contributed by atoms with Gasteiger partial charge in [0.15, 0.2) is 0 Å². The number of aliphatic hydroxyl groups excluding tert-OH is 1. The Bertz CT molecular complexity index is 714. The van der Waals surface area contributed by atoms with Crippen molar-refractivity contribution in [3.05, 3.63) is 64.2 Å². The highest BCUT2D eigenvalue weighted by Gasteiger charge is 2.28. The molecule has 26 heavy (non-hydrogen) atoms. The summed E-state index contributed by atoms with van der Waals surface area (Å²) in [4.78, 5) is 0. The first-order valence-corrected chi connectivity index (χ1v) is 9.80. The summed E-state index contributed by atoms with van der Waals surface area (Å²) in [6.07, 6.45) is 2.78. The third-order valence-electron chi connectivity index (χ3n) is 4.90. The molecule has 3 nitrogen and oxygen atoms in total. The van der Waals surface area contributed by atoms with Crippen molar-refractivity contribution in [1.82, 2.24) is 0 Å². The summed E-state index contributed by atoms with van der Waals surface area (Å²) in [6, 6.07) is 14.2. The predicted octanol–water partition coefficient (Wildman–Crippen LogP) is 5.32. The van der Waals surface area contributed by atoms with E-state index in [9.17, 15) is 5.11 Å². The van der Waals surface area contributed by atoms with E-state index in [4.69, 9.17) is 21.1 Å². The maximum Gasteiger partial charge on any atom is 0.119 e. The van der Waals surface area contributed by atoms with Gasteiger partial charge in [0.2, 0.25) is 0 Å². The second kappa shape index (κ2) is 8.90. The van der Waals surface area contributed by atoms with Gasteiger partial charge in [-0.1, -0.05) is 42.8 Å². The van der Waals surface area contributed by atoms with Gasteiger partial charge in [-0.05, 0) is 61.1 Å². The van der Waals surface area contributed by atoms with Crippen LogP contribution in [0.2, 0.25) is 5.02 Å². The number of rotatable bonds is 6. The van der Waals surface area contributed by atoms with Crippen molar-refractivity contribution in [3.63, 3.8) is 0 Å². The second-order valence-corrected chi connectivity index (χ2v) is 7.29. The topological polar surface area (TPSA) is 38.7 Å². The highest BCUT2D eigenvalue weighted by atomic mass is 35.5. The molecule has 1 N–H and O–H groups in total. The van der Waals surface area contributed by atoms with E-state index in [0.717, 1.165) is 41.2 Å². The van der Waals surface area contributed by atoms with Crippen LogP contribution in [-0.2, 0) is 11.2 Å². The van der Waals surface area contributed by atoms with Gasteiger partial charge in [-0.2, -0.15) is 0 Å². The SMILES string of the molecule is CCOc1ccc(Cc2cc(C3CC(O)CC(CC)O3)ccc2Cl)cc1. The minimum Gasteiger partial charge on any atom is -0.494 e. The molecule has 1 aliphatic rings. The average molecular weight is 375 g/mol. The number of halogens is 1. The molecule has 3 atom stereocenters. The van der Waals surface area contributed by atoms with Crippen molar-refractivity contribution in [2.24, 2.45) is 0 Å². The number of ether oxygens (including phenoxy) is 2. The number of benzene rings is 2. The van der Waals surface area contributed by atoms with Crippen molar-refractivity contribution >= 4 is 11.6 Å². The van der Waals surface area contributed by atoms with Gasteiger partial charge >= 0.3 is 0 Å². The average Bonchev–Trinajstić information content (AvgIpc) is 2.64. The van der Waals surface area contributed by atoms with Crippen molar-refractivity contribution in [2.45, 2.75) is 57.8 Å². The standard InChI is InChI=1S/C22H27ClO3/c1-3-19-13-18(24)14-22(26-19)16-7-10-21(23)17(12-16)11-15-5-8-20(9-6-15)25-4-2/h5-10,12,18-19,22,24H,3-4,11,13-14H2,1-2H3. The van der Waals surface area contributed by atoms with Crippen LogP contribution in [0.4, 0.5) is 0 Å². The molecule has 0 aromatic heterocycles. The van der Waals surface area contributed by atoms with Gasteiger partial charge in [0, 0.05) is 11.4 Å². The minimum absolute atomic E-state index is 0.0694. The first-order chi connectivity index (χ1) is 12.6. The van der Waals surface area contributed by atoms with Gasteiger partial charge < -0.3 is 14.6 Å². The van der Waals surface area contributed by atoms with E-state index >= 15 is 0 Å². The largest absolute Gasteiger partial charge is 0.494 e. The van der Waals surface area contributed by atoms with Crippen LogP contribution in [0, 0.1) is 0 Å². The Hall–Kier alpha value is -1.55. The molecular formula is C22H27ClO3. The Morgan fingerprint density at radius 3 is 2.58 bits per heavy atom. The minimum atomic E-state index is -0.302. The van der Waals surface area contributed by atoms with Gasteiger partial charge in [0.1, 0.15) is 5.75 Å². The highest BCUT2D eigenvalue weighted by molar-refractivity contribution is 6.31. The maximum absolute atomic E-state index is 10.2. The van der Waals surface area contributed by atoms with Gasteiger partial charge in [0.05, 0.1) is 24.9 Å². The summed E-state index contributed by atoms with van der Waals surface area (Å²) in [5.74, 6) is 0.881. The molecule has 4 heteroatoms. The summed E-state index contributed by atoms with van der Waals surface area (Å²) < 4.78 is 11.7. The summed E-state index contributed by atoms with van der Waals surface area (Å²) in [7, 11) is 0. The fraction of sp³-hybridized carbons (Fsp3) is 0.455. The normalized spacial score (nSPS) is 23.0. The molecule has 140 valence electrons. The fourth-order valence-corrected chi connectivity index (χ4v) is 3.67. The van der Waals surface area contributed by atoms with E-state index in [-0.39, 0.29) is 18.3 Å². The third kappa shape index (κ3) is 4.79. The van der Waals surface area contributed by atoms with Crippen LogP contribution in [0.1, 0.15) is 55.9 Å². The second-order valence-electron chi connectivity index (χ2n) is 6.88. The zero-order chi connectivity index (χ0) is 18.5. The van der Waals surface area contributed by atoms with E-state index in [1.807, 2.05) is 31.2 Å². The number of aliphatic hydroxyl groups is 1. The van der Waals surface area contributed by atoms with Crippen LogP contribution in [0.15, 0.2) is 42.5 Å². The Kier molecular flexibility index (Phi) is 6.58. The zero-order valence-corrected chi connectivity index (χ0v) is 16.2. The van der Waals surface area contributed by atoms with E-state index in [1.54, 1.807) is 0 Å². The fourth-order valence-electron chi connectivity index (χ4n) is 3.49. The van der Waals surface area contributed by atoms with Gasteiger partial charge in [0.25, 0.3) is 0 Å². The lowest BCUT2D eigenvalue weighted by Gasteiger charge is -2.33. The van der Waals surface area contributed by atoms with Crippen LogP contribution in [0.3, 0.4) is 0 Å². The lowest BCUT2D eigenvalue weighted by molar-refractivity contribution is -0.0983. The molecule has 3 rings (SSSR count). The molecule has 0 radical (unpaired) electrons. The Balaban J connectivity index is 1.77. The molecule has 0 bridgehead atoms. The Labute approximate surface area is 160 Å². The van der Waals surface area contributed by atoms with Crippen molar-refractivity contribution < 1.29 is 14.6 Å². The quantitative estimate of drug-likeness (QED) is 0.743. The van der Waals surface area contributed by atoms with Crippen LogP contribution in [-0.4, -0.2) is 23.9 Å². The van der Waals surface area contributed by atoms with E-state index < -0.39 is 0 Å². The first kappa shape index (κ1) is 19.2. The summed E-state index contributed by atoms with van der Waals surface area (Å²) in [6.45, 7) is 4.74. The summed E-state index contributed by atoms with van der Waals surface area (Å²) in [5, 5.41) is 10.9. The molecule has 2 aromatic rings. The number of hydrogen-bond acceptors (Lipinski definition) is 3. The monoisotopic (exact) mass is 374 g/mol. The van der Waals surface area contributed by atoms with Crippen molar-refractivity contribution in [2.75, 3.05) is 6.61 Å². The van der Waals surface area contributed by atoms with E-state index in [0.29, 0.717) is 13.0 Å². The van der Waals surface area contributed by atoms with E-state index in [1.165, 1.54) is 5.56 Å². The Morgan fingerprint density at radius 1 is 1.12 bits per heavy atom. The first-order valence-electron chi connectivity index (χ1n) is 9.42. The number of hydrogen-bond donors (Lipinski definition) is 1. The molecule has 0 saturated carbocycles. The lowest BCUT2D eigenvalue weighted by atomic mass is 9.93. The molecule has 0 amide bonds. The molecule has 3 unspecified atom stereocenters. The molecule has 0 spiro atoms. The molecule has 1 saturated heterocycles. The van der Waals surface area contributed by atoms with Gasteiger partial charge in [-0.3, -0.25) is 0 Å². The predicted molar refractivity (Wildman–Crippen MR) is 105 cm³/mol.